The van der Waals surface area contributed by atoms with Crippen LogP contribution in [0.3, 0.4) is 0 Å². The highest BCUT2D eigenvalue weighted by atomic mass is 16.5. The topological polar surface area (TPSA) is 41.6 Å². The van der Waals surface area contributed by atoms with E-state index in [1.54, 1.807) is 6.08 Å². The second-order valence-electron chi connectivity index (χ2n) is 7.26. The molecule has 3 rings (SSSR count). The maximum Gasteiger partial charge on any atom is 0.255 e. The zero-order valence-electron chi connectivity index (χ0n) is 16.0. The standard InChI is InChI=1S/C23H28N2O2/c1-3-15-27-22-12-10-21(11-13-22)24-23(26)20-8-6-19(7-9-20)17-25-14-4-5-18(2)16-25/h3,6-13,18H,1,4-5,14-17H2,2H3,(H,24,26)/t18-/m0/s1. The Hall–Kier alpha value is -2.59. The Bertz CT molecular complexity index is 753. The molecular formula is C23H28N2O2. The first-order valence-corrected chi connectivity index (χ1v) is 9.60. The van der Waals surface area contributed by atoms with Crippen molar-refractivity contribution in [3.63, 3.8) is 0 Å². The molecule has 142 valence electrons. The molecule has 1 atom stereocenters. The molecule has 0 bridgehead atoms. The molecule has 2 aromatic rings. The predicted molar refractivity (Wildman–Crippen MR) is 110 cm³/mol. The van der Waals surface area contributed by atoms with Crippen LogP contribution in [0.4, 0.5) is 5.69 Å². The summed E-state index contributed by atoms with van der Waals surface area (Å²) in [7, 11) is 0. The van der Waals surface area contributed by atoms with Crippen LogP contribution in [0.1, 0.15) is 35.7 Å². The fraction of sp³-hybridized carbons (Fsp3) is 0.348. The number of rotatable bonds is 7. The number of ether oxygens (including phenoxy) is 1. The molecule has 1 N–H and O–H groups in total. The van der Waals surface area contributed by atoms with E-state index in [1.807, 2.05) is 36.4 Å². The Labute approximate surface area is 161 Å². The van der Waals surface area contributed by atoms with E-state index in [-0.39, 0.29) is 5.91 Å². The minimum Gasteiger partial charge on any atom is -0.490 e. The van der Waals surface area contributed by atoms with Gasteiger partial charge < -0.3 is 10.1 Å². The van der Waals surface area contributed by atoms with E-state index in [2.05, 4.69) is 35.9 Å². The Morgan fingerprint density at radius 3 is 2.63 bits per heavy atom. The summed E-state index contributed by atoms with van der Waals surface area (Å²) in [6.07, 6.45) is 4.31. The number of piperidine rings is 1. The number of benzene rings is 2. The van der Waals surface area contributed by atoms with Gasteiger partial charge in [-0.15, -0.1) is 0 Å². The summed E-state index contributed by atoms with van der Waals surface area (Å²) in [5.41, 5.74) is 2.67. The number of amides is 1. The van der Waals surface area contributed by atoms with E-state index >= 15 is 0 Å². The largest absolute Gasteiger partial charge is 0.490 e. The Morgan fingerprint density at radius 2 is 1.96 bits per heavy atom. The van der Waals surface area contributed by atoms with Gasteiger partial charge in [-0.05, 0) is 67.3 Å². The van der Waals surface area contributed by atoms with Crippen LogP contribution < -0.4 is 10.1 Å². The zero-order valence-corrected chi connectivity index (χ0v) is 16.0. The van der Waals surface area contributed by atoms with Gasteiger partial charge in [0, 0.05) is 24.3 Å². The number of hydrogen-bond acceptors (Lipinski definition) is 3. The molecule has 1 heterocycles. The summed E-state index contributed by atoms with van der Waals surface area (Å²) in [5, 5.41) is 2.92. The van der Waals surface area contributed by atoms with Gasteiger partial charge in [0.25, 0.3) is 5.91 Å². The minimum atomic E-state index is -0.104. The summed E-state index contributed by atoms with van der Waals surface area (Å²) in [6, 6.07) is 15.3. The van der Waals surface area contributed by atoms with Crippen LogP contribution in [0, 0.1) is 5.92 Å². The molecule has 1 fully saturated rings. The normalized spacial score (nSPS) is 17.3. The lowest BCUT2D eigenvalue weighted by molar-refractivity contribution is 0.102. The Kier molecular flexibility index (Phi) is 6.66. The summed E-state index contributed by atoms with van der Waals surface area (Å²) >= 11 is 0. The summed E-state index contributed by atoms with van der Waals surface area (Å²) in [6.45, 7) is 9.69. The van der Waals surface area contributed by atoms with Gasteiger partial charge in [-0.3, -0.25) is 9.69 Å². The highest BCUT2D eigenvalue weighted by Gasteiger charge is 2.16. The molecule has 4 heteroatoms. The maximum absolute atomic E-state index is 12.4. The van der Waals surface area contributed by atoms with Gasteiger partial charge in [-0.1, -0.05) is 31.7 Å². The fourth-order valence-corrected chi connectivity index (χ4v) is 3.44. The summed E-state index contributed by atoms with van der Waals surface area (Å²) < 4.78 is 5.45. The molecule has 0 unspecified atom stereocenters. The number of carbonyl (C=O) groups excluding carboxylic acids is 1. The van der Waals surface area contributed by atoms with E-state index in [4.69, 9.17) is 4.74 Å². The van der Waals surface area contributed by atoms with Crippen molar-refractivity contribution in [2.45, 2.75) is 26.3 Å². The third kappa shape index (κ3) is 5.69. The monoisotopic (exact) mass is 364 g/mol. The van der Waals surface area contributed by atoms with Crippen LogP contribution in [0.15, 0.2) is 61.2 Å². The van der Waals surface area contributed by atoms with Gasteiger partial charge in [0.1, 0.15) is 12.4 Å². The first kappa shape index (κ1) is 19.2. The number of anilines is 1. The van der Waals surface area contributed by atoms with E-state index in [1.165, 1.54) is 24.9 Å². The van der Waals surface area contributed by atoms with Crippen molar-refractivity contribution in [3.8, 4) is 5.75 Å². The van der Waals surface area contributed by atoms with Crippen LogP contribution in [0.25, 0.3) is 0 Å². The van der Waals surface area contributed by atoms with Crippen LogP contribution in [0.5, 0.6) is 5.75 Å². The third-order valence-corrected chi connectivity index (χ3v) is 4.84. The highest BCUT2D eigenvalue weighted by molar-refractivity contribution is 6.04. The molecule has 0 spiro atoms. The van der Waals surface area contributed by atoms with Gasteiger partial charge in [0.15, 0.2) is 0 Å². The number of nitrogens with zero attached hydrogens (tertiary/aromatic N) is 1. The van der Waals surface area contributed by atoms with Gasteiger partial charge in [-0.2, -0.15) is 0 Å². The van der Waals surface area contributed by atoms with E-state index in [0.29, 0.717) is 12.2 Å². The van der Waals surface area contributed by atoms with Crippen molar-refractivity contribution in [2.75, 3.05) is 25.0 Å². The fourth-order valence-electron chi connectivity index (χ4n) is 3.44. The predicted octanol–water partition coefficient (Wildman–Crippen LogP) is 4.74. The van der Waals surface area contributed by atoms with Crippen molar-refractivity contribution < 1.29 is 9.53 Å². The molecule has 0 aromatic heterocycles. The van der Waals surface area contributed by atoms with Crippen molar-refractivity contribution in [2.24, 2.45) is 5.92 Å². The van der Waals surface area contributed by atoms with Crippen molar-refractivity contribution in [1.29, 1.82) is 0 Å². The average Bonchev–Trinajstić information content (AvgIpc) is 2.68. The average molecular weight is 364 g/mol. The first-order valence-electron chi connectivity index (χ1n) is 9.60. The molecule has 1 aliphatic heterocycles. The zero-order chi connectivity index (χ0) is 19.1. The molecule has 0 aliphatic carbocycles. The minimum absolute atomic E-state index is 0.104. The Morgan fingerprint density at radius 1 is 1.22 bits per heavy atom. The molecule has 4 nitrogen and oxygen atoms in total. The molecule has 2 aromatic carbocycles. The lowest BCUT2D eigenvalue weighted by Gasteiger charge is -2.30. The molecule has 1 saturated heterocycles. The lowest BCUT2D eigenvalue weighted by Crippen LogP contribution is -2.33. The van der Waals surface area contributed by atoms with Crippen LogP contribution in [-0.4, -0.2) is 30.5 Å². The number of likely N-dealkylation sites (tertiary alicyclic amines) is 1. The second kappa shape index (κ2) is 9.38. The van der Waals surface area contributed by atoms with Gasteiger partial charge in [0.05, 0.1) is 0 Å². The van der Waals surface area contributed by atoms with Crippen LogP contribution in [-0.2, 0) is 6.54 Å². The van der Waals surface area contributed by atoms with Crippen LogP contribution in [0.2, 0.25) is 0 Å². The van der Waals surface area contributed by atoms with Gasteiger partial charge in [0.2, 0.25) is 0 Å². The van der Waals surface area contributed by atoms with Crippen molar-refractivity contribution in [3.05, 3.63) is 72.3 Å². The SMILES string of the molecule is C=CCOc1ccc(NC(=O)c2ccc(CN3CCC[C@H](C)C3)cc2)cc1. The highest BCUT2D eigenvalue weighted by Crippen LogP contribution is 2.19. The van der Waals surface area contributed by atoms with E-state index in [0.717, 1.165) is 30.4 Å². The maximum atomic E-state index is 12.4. The van der Waals surface area contributed by atoms with Gasteiger partial charge in [-0.25, -0.2) is 0 Å². The lowest BCUT2D eigenvalue weighted by atomic mass is 9.99. The molecule has 0 saturated carbocycles. The quantitative estimate of drug-likeness (QED) is 0.722. The number of carbonyl (C=O) groups is 1. The summed E-state index contributed by atoms with van der Waals surface area (Å²) in [4.78, 5) is 14.9. The smallest absolute Gasteiger partial charge is 0.255 e. The number of nitrogens with one attached hydrogen (secondary N) is 1. The molecular weight excluding hydrogens is 336 g/mol. The van der Waals surface area contributed by atoms with E-state index < -0.39 is 0 Å². The Balaban J connectivity index is 1.54. The van der Waals surface area contributed by atoms with Crippen molar-refractivity contribution in [1.82, 2.24) is 4.90 Å². The molecule has 27 heavy (non-hydrogen) atoms. The first-order chi connectivity index (χ1) is 13.1. The van der Waals surface area contributed by atoms with Crippen LogP contribution >= 0.6 is 0 Å². The summed E-state index contributed by atoms with van der Waals surface area (Å²) in [5.74, 6) is 1.43. The van der Waals surface area contributed by atoms with Gasteiger partial charge >= 0.3 is 0 Å². The number of hydrogen-bond donors (Lipinski definition) is 1. The molecule has 1 amide bonds. The van der Waals surface area contributed by atoms with E-state index in [9.17, 15) is 4.79 Å². The second-order valence-corrected chi connectivity index (χ2v) is 7.26. The van der Waals surface area contributed by atoms with Crippen molar-refractivity contribution >= 4 is 11.6 Å². The molecule has 0 radical (unpaired) electrons. The molecule has 1 aliphatic rings. The third-order valence-electron chi connectivity index (χ3n) is 4.84.